The summed E-state index contributed by atoms with van der Waals surface area (Å²) in [6, 6.07) is 8.66. The number of hydrogen-bond donors (Lipinski definition) is 2. The number of aryl methyl sites for hydroxylation is 1. The maximum Gasteiger partial charge on any atom is 0.190 e. The number of guanidine groups is 1. The predicted octanol–water partition coefficient (Wildman–Crippen LogP) is 2.91. The fourth-order valence-electron chi connectivity index (χ4n) is 2.67. The molecule has 5 nitrogen and oxygen atoms in total. The molecular formula is C19H32IN3O2. The molecule has 0 saturated carbocycles. The maximum atomic E-state index is 5.66. The molecule has 1 heterocycles. The third kappa shape index (κ3) is 9.42. The van der Waals surface area contributed by atoms with Crippen LogP contribution in [0, 0.1) is 6.92 Å². The quantitative estimate of drug-likeness (QED) is 0.257. The fraction of sp³-hybridized carbons (Fsp3) is 0.632. The highest BCUT2D eigenvalue weighted by Crippen LogP contribution is 2.11. The fourth-order valence-corrected chi connectivity index (χ4v) is 2.67. The summed E-state index contributed by atoms with van der Waals surface area (Å²) in [6.07, 6.45) is 4.57. The van der Waals surface area contributed by atoms with Crippen LogP contribution in [-0.4, -0.2) is 52.0 Å². The molecule has 1 atom stereocenters. The van der Waals surface area contributed by atoms with E-state index in [1.807, 2.05) is 0 Å². The number of nitrogens with zero attached hydrogens (tertiary/aromatic N) is 1. The van der Waals surface area contributed by atoms with Crippen LogP contribution in [-0.2, 0) is 15.9 Å². The summed E-state index contributed by atoms with van der Waals surface area (Å²) < 4.78 is 11.2. The summed E-state index contributed by atoms with van der Waals surface area (Å²) in [4.78, 5) is 4.25. The lowest BCUT2D eigenvalue weighted by Gasteiger charge is -2.13. The molecule has 1 aromatic carbocycles. The highest BCUT2D eigenvalue weighted by Gasteiger charge is 2.14. The third-order valence-corrected chi connectivity index (χ3v) is 4.14. The van der Waals surface area contributed by atoms with E-state index in [1.54, 1.807) is 7.05 Å². The van der Waals surface area contributed by atoms with Crippen LogP contribution < -0.4 is 10.6 Å². The van der Waals surface area contributed by atoms with Crippen LogP contribution in [0.3, 0.4) is 0 Å². The van der Waals surface area contributed by atoms with E-state index in [1.165, 1.54) is 17.5 Å². The Morgan fingerprint density at radius 2 is 2.00 bits per heavy atom. The van der Waals surface area contributed by atoms with E-state index in [0.29, 0.717) is 6.10 Å². The molecule has 6 heteroatoms. The van der Waals surface area contributed by atoms with Crippen LogP contribution in [0.25, 0.3) is 0 Å². The molecule has 1 aliphatic heterocycles. The van der Waals surface area contributed by atoms with Crippen molar-refractivity contribution in [3.63, 3.8) is 0 Å². The van der Waals surface area contributed by atoms with E-state index in [4.69, 9.17) is 9.47 Å². The van der Waals surface area contributed by atoms with Gasteiger partial charge in [0.25, 0.3) is 0 Å². The Morgan fingerprint density at radius 3 is 2.68 bits per heavy atom. The molecule has 0 spiro atoms. The monoisotopic (exact) mass is 461 g/mol. The summed E-state index contributed by atoms with van der Waals surface area (Å²) in [6.45, 7) is 6.21. The van der Waals surface area contributed by atoms with E-state index >= 15 is 0 Å². The number of hydrogen-bond acceptors (Lipinski definition) is 3. The van der Waals surface area contributed by atoms with Crippen molar-refractivity contribution in [2.24, 2.45) is 4.99 Å². The van der Waals surface area contributed by atoms with Crippen LogP contribution in [0.4, 0.5) is 0 Å². The molecule has 0 amide bonds. The number of halogens is 1. The minimum Gasteiger partial charge on any atom is -0.379 e. The van der Waals surface area contributed by atoms with Crippen molar-refractivity contribution >= 4 is 29.9 Å². The second-order valence-corrected chi connectivity index (χ2v) is 6.22. The Balaban J connectivity index is 0.00000312. The predicted molar refractivity (Wildman–Crippen MR) is 114 cm³/mol. The Bertz CT molecular complexity index is 488. The Hall–Kier alpha value is -0.860. The summed E-state index contributed by atoms with van der Waals surface area (Å²) in [5, 5.41) is 6.67. The standard InChI is InChI=1S/C19H31N3O2.HI/c1-16-6-8-17(9-7-16)10-12-22-19(20-2)21-11-4-13-23-15-18-5-3-14-24-18;/h6-9,18H,3-5,10-15H2,1-2H3,(H2,20,21,22);1H. The number of rotatable bonds is 9. The molecule has 1 aliphatic rings. The normalized spacial score (nSPS) is 17.2. The van der Waals surface area contributed by atoms with Gasteiger partial charge in [-0.1, -0.05) is 29.8 Å². The largest absolute Gasteiger partial charge is 0.379 e. The topological polar surface area (TPSA) is 54.9 Å². The van der Waals surface area contributed by atoms with Gasteiger partial charge in [0.1, 0.15) is 0 Å². The second-order valence-electron chi connectivity index (χ2n) is 6.22. The average Bonchev–Trinajstić information content (AvgIpc) is 3.11. The Labute approximate surface area is 169 Å². The number of nitrogens with one attached hydrogen (secondary N) is 2. The van der Waals surface area contributed by atoms with Crippen molar-refractivity contribution in [2.75, 3.05) is 40.0 Å². The molecule has 0 aliphatic carbocycles. The maximum absolute atomic E-state index is 5.66. The highest BCUT2D eigenvalue weighted by molar-refractivity contribution is 14.0. The lowest BCUT2D eigenvalue weighted by atomic mass is 10.1. The first kappa shape index (κ1) is 22.2. The van der Waals surface area contributed by atoms with Crippen LogP contribution in [0.5, 0.6) is 0 Å². The molecule has 1 unspecified atom stereocenters. The molecule has 1 aromatic rings. The summed E-state index contributed by atoms with van der Waals surface area (Å²) in [5.74, 6) is 0.848. The second kappa shape index (κ2) is 13.4. The van der Waals surface area contributed by atoms with E-state index in [9.17, 15) is 0 Å². The molecule has 1 fully saturated rings. The molecule has 2 N–H and O–H groups in total. The number of aliphatic imine (C=N–C) groups is 1. The van der Waals surface area contributed by atoms with Crippen molar-refractivity contribution in [1.29, 1.82) is 0 Å². The zero-order valence-electron chi connectivity index (χ0n) is 15.4. The Morgan fingerprint density at radius 1 is 1.24 bits per heavy atom. The van der Waals surface area contributed by atoms with Crippen molar-refractivity contribution in [3.05, 3.63) is 35.4 Å². The van der Waals surface area contributed by atoms with Gasteiger partial charge in [0.2, 0.25) is 0 Å². The zero-order valence-corrected chi connectivity index (χ0v) is 17.8. The molecule has 142 valence electrons. The van der Waals surface area contributed by atoms with Crippen molar-refractivity contribution in [1.82, 2.24) is 10.6 Å². The lowest BCUT2D eigenvalue weighted by molar-refractivity contribution is 0.0168. The number of ether oxygens (including phenoxy) is 2. The van der Waals surface area contributed by atoms with Crippen LogP contribution in [0.15, 0.2) is 29.3 Å². The van der Waals surface area contributed by atoms with Crippen LogP contribution >= 0.6 is 24.0 Å². The lowest BCUT2D eigenvalue weighted by Crippen LogP contribution is -2.39. The van der Waals surface area contributed by atoms with Gasteiger partial charge >= 0.3 is 0 Å². The van der Waals surface area contributed by atoms with E-state index < -0.39 is 0 Å². The molecule has 0 bridgehead atoms. The first-order valence-electron chi connectivity index (χ1n) is 8.97. The van der Waals surface area contributed by atoms with Gasteiger partial charge in [0, 0.05) is 33.4 Å². The first-order valence-corrected chi connectivity index (χ1v) is 8.97. The van der Waals surface area contributed by atoms with Gasteiger partial charge in [-0.2, -0.15) is 0 Å². The van der Waals surface area contributed by atoms with Gasteiger partial charge in [-0.05, 0) is 38.2 Å². The summed E-state index contributed by atoms with van der Waals surface area (Å²) >= 11 is 0. The van der Waals surface area contributed by atoms with Gasteiger partial charge in [0.05, 0.1) is 12.7 Å². The zero-order chi connectivity index (χ0) is 17.0. The number of benzene rings is 1. The third-order valence-electron chi connectivity index (χ3n) is 4.14. The Kier molecular flexibility index (Phi) is 11.9. The molecule has 2 rings (SSSR count). The van der Waals surface area contributed by atoms with Crippen LogP contribution in [0.1, 0.15) is 30.4 Å². The van der Waals surface area contributed by atoms with Gasteiger partial charge in [-0.3, -0.25) is 4.99 Å². The summed E-state index contributed by atoms with van der Waals surface area (Å²) in [7, 11) is 1.80. The molecule has 25 heavy (non-hydrogen) atoms. The van der Waals surface area contributed by atoms with Gasteiger partial charge < -0.3 is 20.1 Å². The van der Waals surface area contributed by atoms with E-state index in [-0.39, 0.29) is 24.0 Å². The van der Waals surface area contributed by atoms with E-state index in [0.717, 1.165) is 58.1 Å². The average molecular weight is 461 g/mol. The van der Waals surface area contributed by atoms with Gasteiger partial charge in [-0.25, -0.2) is 0 Å². The molecule has 0 radical (unpaired) electrons. The molecule has 1 saturated heterocycles. The molecular weight excluding hydrogens is 429 g/mol. The van der Waals surface area contributed by atoms with E-state index in [2.05, 4.69) is 46.8 Å². The minimum absolute atomic E-state index is 0. The smallest absolute Gasteiger partial charge is 0.190 e. The highest BCUT2D eigenvalue weighted by atomic mass is 127. The van der Waals surface area contributed by atoms with Crippen molar-refractivity contribution < 1.29 is 9.47 Å². The SMILES string of the molecule is CN=C(NCCCOCC1CCCO1)NCCc1ccc(C)cc1.I. The first-order chi connectivity index (χ1) is 11.8. The van der Waals surface area contributed by atoms with Gasteiger partial charge in [-0.15, -0.1) is 24.0 Å². The van der Waals surface area contributed by atoms with Crippen molar-refractivity contribution in [2.45, 2.75) is 38.7 Å². The van der Waals surface area contributed by atoms with Crippen molar-refractivity contribution in [3.8, 4) is 0 Å². The molecule has 0 aromatic heterocycles. The minimum atomic E-state index is 0. The van der Waals surface area contributed by atoms with Gasteiger partial charge in [0.15, 0.2) is 5.96 Å². The summed E-state index contributed by atoms with van der Waals surface area (Å²) in [5.41, 5.74) is 2.64. The van der Waals surface area contributed by atoms with Crippen LogP contribution in [0.2, 0.25) is 0 Å².